The SMILES string of the molecule is c1ccc(-c2cc(-c3ccc(-c4ccc(-c5cccc(-c6ccc(-c7ccc(-c8ccnc(-c9ccccn9)c8)cc7)cc6)c5)cc4)cc3)ccn2)nc1. The molecule has 4 heterocycles. The molecular formula is C50H34N4. The van der Waals surface area contributed by atoms with Crippen molar-refractivity contribution >= 4 is 0 Å². The van der Waals surface area contributed by atoms with E-state index in [0.29, 0.717) is 0 Å². The fourth-order valence-corrected chi connectivity index (χ4v) is 6.83. The standard InChI is InChI=1S/C50H34N4/c1-3-28-51-47(8-1)49-33-45(26-30-53-49)41-22-14-37(15-23-41)35-10-18-39(19-11-35)43-6-5-7-44(32-43)40-20-12-36(13-21-40)38-16-24-42(25-17-38)46-27-31-54-50(34-46)48-9-2-4-29-52-48/h1-34H. The summed E-state index contributed by atoms with van der Waals surface area (Å²) in [5, 5.41) is 0. The van der Waals surface area contributed by atoms with Crippen molar-refractivity contribution in [1.29, 1.82) is 0 Å². The average molecular weight is 691 g/mol. The molecule has 0 aliphatic heterocycles. The first-order valence-electron chi connectivity index (χ1n) is 18.0. The van der Waals surface area contributed by atoms with Crippen LogP contribution in [0.2, 0.25) is 0 Å². The maximum Gasteiger partial charge on any atom is 0.0892 e. The fraction of sp³-hybridized carbons (Fsp3) is 0. The first kappa shape index (κ1) is 32.6. The van der Waals surface area contributed by atoms with Crippen molar-refractivity contribution in [2.24, 2.45) is 0 Å². The lowest BCUT2D eigenvalue weighted by molar-refractivity contribution is 1.25. The molecule has 0 radical (unpaired) electrons. The van der Waals surface area contributed by atoms with Crippen LogP contribution >= 0.6 is 0 Å². The van der Waals surface area contributed by atoms with Gasteiger partial charge < -0.3 is 0 Å². The molecule has 0 unspecified atom stereocenters. The van der Waals surface area contributed by atoms with Gasteiger partial charge in [0.25, 0.3) is 0 Å². The van der Waals surface area contributed by atoms with Gasteiger partial charge in [-0.3, -0.25) is 19.9 Å². The van der Waals surface area contributed by atoms with Crippen LogP contribution in [0.1, 0.15) is 0 Å². The van der Waals surface area contributed by atoms with Crippen LogP contribution in [0, 0.1) is 0 Å². The van der Waals surface area contributed by atoms with Gasteiger partial charge in [0.05, 0.1) is 22.8 Å². The number of nitrogens with zero attached hydrogens (tertiary/aromatic N) is 4. The monoisotopic (exact) mass is 690 g/mol. The van der Waals surface area contributed by atoms with Gasteiger partial charge in [-0.1, -0.05) is 127 Å². The minimum Gasteiger partial charge on any atom is -0.255 e. The second kappa shape index (κ2) is 14.7. The van der Waals surface area contributed by atoms with Gasteiger partial charge in [-0.15, -0.1) is 0 Å². The second-order valence-electron chi connectivity index (χ2n) is 13.2. The van der Waals surface area contributed by atoms with Gasteiger partial charge >= 0.3 is 0 Å². The van der Waals surface area contributed by atoms with Gasteiger partial charge in [-0.05, 0) is 121 Å². The van der Waals surface area contributed by atoms with Crippen LogP contribution in [0.15, 0.2) is 207 Å². The summed E-state index contributed by atoms with van der Waals surface area (Å²) in [5.41, 5.74) is 17.5. The molecule has 9 aromatic rings. The van der Waals surface area contributed by atoms with Crippen LogP contribution in [0.5, 0.6) is 0 Å². The summed E-state index contributed by atoms with van der Waals surface area (Å²) in [6.07, 6.45) is 7.29. The van der Waals surface area contributed by atoms with E-state index in [2.05, 4.69) is 153 Å². The van der Waals surface area contributed by atoms with Crippen LogP contribution < -0.4 is 0 Å². The fourth-order valence-electron chi connectivity index (χ4n) is 6.83. The molecule has 0 amide bonds. The van der Waals surface area contributed by atoms with Crippen LogP contribution in [-0.4, -0.2) is 19.9 Å². The molecule has 5 aromatic carbocycles. The first-order chi connectivity index (χ1) is 26.7. The third kappa shape index (κ3) is 6.97. The highest BCUT2D eigenvalue weighted by atomic mass is 14.8. The van der Waals surface area contributed by atoms with E-state index in [1.165, 1.54) is 44.5 Å². The molecule has 0 saturated heterocycles. The molecule has 4 nitrogen and oxygen atoms in total. The highest BCUT2D eigenvalue weighted by Gasteiger charge is 2.08. The summed E-state index contributed by atoms with van der Waals surface area (Å²) < 4.78 is 0. The smallest absolute Gasteiger partial charge is 0.0892 e. The topological polar surface area (TPSA) is 51.6 Å². The highest BCUT2D eigenvalue weighted by molar-refractivity contribution is 5.79. The zero-order valence-electron chi connectivity index (χ0n) is 29.4. The summed E-state index contributed by atoms with van der Waals surface area (Å²) in [6, 6.07) is 63.9. The van der Waals surface area contributed by atoms with Gasteiger partial charge in [0.1, 0.15) is 0 Å². The van der Waals surface area contributed by atoms with Crippen molar-refractivity contribution in [2.45, 2.75) is 0 Å². The summed E-state index contributed by atoms with van der Waals surface area (Å²) in [7, 11) is 0. The molecule has 4 heteroatoms. The van der Waals surface area contributed by atoms with E-state index >= 15 is 0 Å². The Hall–Kier alpha value is -7.30. The number of aromatic nitrogens is 4. The quantitative estimate of drug-likeness (QED) is 0.159. The van der Waals surface area contributed by atoms with Crippen LogP contribution in [0.4, 0.5) is 0 Å². The van der Waals surface area contributed by atoms with Gasteiger partial charge in [0, 0.05) is 24.8 Å². The molecule has 0 atom stereocenters. The molecule has 9 rings (SSSR count). The van der Waals surface area contributed by atoms with E-state index in [0.717, 1.165) is 45.0 Å². The molecule has 54 heavy (non-hydrogen) atoms. The van der Waals surface area contributed by atoms with Crippen LogP contribution in [0.3, 0.4) is 0 Å². The molecule has 254 valence electrons. The molecule has 0 spiro atoms. The van der Waals surface area contributed by atoms with Gasteiger partial charge in [-0.2, -0.15) is 0 Å². The number of rotatable bonds is 8. The van der Waals surface area contributed by atoms with E-state index in [4.69, 9.17) is 0 Å². The van der Waals surface area contributed by atoms with Crippen molar-refractivity contribution < 1.29 is 0 Å². The Morgan fingerprint density at radius 2 is 0.481 bits per heavy atom. The number of benzene rings is 5. The lowest BCUT2D eigenvalue weighted by Gasteiger charge is -2.10. The largest absolute Gasteiger partial charge is 0.255 e. The van der Waals surface area contributed by atoms with E-state index in [9.17, 15) is 0 Å². The summed E-state index contributed by atoms with van der Waals surface area (Å²) >= 11 is 0. The predicted molar refractivity (Wildman–Crippen MR) is 221 cm³/mol. The molecule has 0 saturated carbocycles. The first-order valence-corrected chi connectivity index (χ1v) is 18.0. The zero-order chi connectivity index (χ0) is 36.1. The maximum atomic E-state index is 4.52. The molecule has 0 aliphatic rings. The number of hydrogen-bond acceptors (Lipinski definition) is 4. The van der Waals surface area contributed by atoms with Crippen molar-refractivity contribution in [3.8, 4) is 89.5 Å². The van der Waals surface area contributed by atoms with E-state index in [1.54, 1.807) is 12.4 Å². The van der Waals surface area contributed by atoms with Gasteiger partial charge in [0.15, 0.2) is 0 Å². The van der Waals surface area contributed by atoms with Crippen molar-refractivity contribution in [2.75, 3.05) is 0 Å². The highest BCUT2D eigenvalue weighted by Crippen LogP contribution is 2.32. The molecule has 0 bridgehead atoms. The Balaban J connectivity index is 0.880. The molecule has 0 N–H and O–H groups in total. The van der Waals surface area contributed by atoms with Crippen molar-refractivity contribution in [3.63, 3.8) is 0 Å². The summed E-state index contributed by atoms with van der Waals surface area (Å²) in [5.74, 6) is 0. The van der Waals surface area contributed by atoms with Crippen molar-refractivity contribution in [1.82, 2.24) is 19.9 Å². The second-order valence-corrected chi connectivity index (χ2v) is 13.2. The third-order valence-corrected chi connectivity index (χ3v) is 9.78. The van der Waals surface area contributed by atoms with Crippen LogP contribution in [-0.2, 0) is 0 Å². The minimum atomic E-state index is 0.869. The molecule has 4 aromatic heterocycles. The number of hydrogen-bond donors (Lipinski definition) is 0. The normalized spacial score (nSPS) is 11.0. The van der Waals surface area contributed by atoms with Crippen molar-refractivity contribution in [3.05, 3.63) is 207 Å². The van der Waals surface area contributed by atoms with Gasteiger partial charge in [0.2, 0.25) is 0 Å². The Kier molecular flexibility index (Phi) is 8.90. The lowest BCUT2D eigenvalue weighted by atomic mass is 9.95. The summed E-state index contributed by atoms with van der Waals surface area (Å²) in [4.78, 5) is 18.0. The predicted octanol–water partition coefficient (Wildman–Crippen LogP) is 12.6. The minimum absolute atomic E-state index is 0.869. The Morgan fingerprint density at radius 3 is 0.796 bits per heavy atom. The Bertz CT molecular complexity index is 2470. The third-order valence-electron chi connectivity index (χ3n) is 9.78. The average Bonchev–Trinajstić information content (AvgIpc) is 3.27. The van der Waals surface area contributed by atoms with E-state index in [-0.39, 0.29) is 0 Å². The molecule has 0 aliphatic carbocycles. The van der Waals surface area contributed by atoms with E-state index in [1.807, 2.05) is 60.9 Å². The Morgan fingerprint density at radius 1 is 0.185 bits per heavy atom. The summed E-state index contributed by atoms with van der Waals surface area (Å²) in [6.45, 7) is 0. The molecular weight excluding hydrogens is 657 g/mol. The number of pyridine rings is 4. The van der Waals surface area contributed by atoms with E-state index < -0.39 is 0 Å². The Labute approximate surface area is 315 Å². The van der Waals surface area contributed by atoms with Crippen LogP contribution in [0.25, 0.3) is 89.5 Å². The molecule has 0 fully saturated rings. The van der Waals surface area contributed by atoms with Gasteiger partial charge in [-0.25, -0.2) is 0 Å². The maximum absolute atomic E-state index is 4.52. The zero-order valence-corrected chi connectivity index (χ0v) is 29.4. The lowest BCUT2D eigenvalue weighted by Crippen LogP contribution is -1.88.